The summed E-state index contributed by atoms with van der Waals surface area (Å²) in [6.07, 6.45) is 1.79. The van der Waals surface area contributed by atoms with Gasteiger partial charge in [0.1, 0.15) is 0 Å². The number of aromatic nitrogens is 3. The van der Waals surface area contributed by atoms with E-state index in [4.69, 9.17) is 0 Å². The number of nitrogens with zero attached hydrogens (tertiary/aromatic N) is 3. The monoisotopic (exact) mass is 205 g/mol. The van der Waals surface area contributed by atoms with Gasteiger partial charge in [-0.25, -0.2) is 9.67 Å². The van der Waals surface area contributed by atoms with Crippen LogP contribution in [-0.4, -0.2) is 14.8 Å². The van der Waals surface area contributed by atoms with E-state index in [1.54, 1.807) is 23.0 Å². The lowest BCUT2D eigenvalue weighted by atomic mass is 10.1. The van der Waals surface area contributed by atoms with Crippen LogP contribution in [0, 0.1) is 5.95 Å². The molecule has 0 N–H and O–H groups in total. The van der Waals surface area contributed by atoms with Gasteiger partial charge in [0, 0.05) is 6.20 Å². The molecule has 2 heterocycles. The van der Waals surface area contributed by atoms with E-state index in [2.05, 4.69) is 23.9 Å². The van der Waals surface area contributed by atoms with E-state index in [-0.39, 0.29) is 0 Å². The highest BCUT2D eigenvalue weighted by Crippen LogP contribution is 2.12. The average molecular weight is 205 g/mol. The van der Waals surface area contributed by atoms with Crippen molar-refractivity contribution in [2.75, 3.05) is 0 Å². The van der Waals surface area contributed by atoms with Crippen molar-refractivity contribution in [1.29, 1.82) is 0 Å². The molecule has 3 nitrogen and oxygen atoms in total. The molecule has 0 spiro atoms. The summed E-state index contributed by atoms with van der Waals surface area (Å²) in [5, 5.41) is 4.31. The Bertz CT molecular complexity index is 462. The van der Waals surface area contributed by atoms with Crippen LogP contribution in [0.5, 0.6) is 0 Å². The summed E-state index contributed by atoms with van der Waals surface area (Å²) in [5.74, 6) is 0.371. The number of hydrogen-bond acceptors (Lipinski definition) is 2. The highest BCUT2D eigenvalue weighted by atomic mass is 19.1. The molecule has 78 valence electrons. The average Bonchev–Trinajstić information content (AvgIpc) is 2.66. The Morgan fingerprint density at radius 2 is 2.07 bits per heavy atom. The summed E-state index contributed by atoms with van der Waals surface area (Å²) in [6, 6.07) is 6.57. The number of pyridine rings is 1. The number of rotatable bonds is 2. The molecule has 2 rings (SSSR count). The second-order valence-corrected chi connectivity index (χ2v) is 3.66. The van der Waals surface area contributed by atoms with Gasteiger partial charge in [0.05, 0.1) is 5.69 Å². The van der Waals surface area contributed by atoms with Crippen LogP contribution < -0.4 is 0 Å². The molecule has 0 aliphatic carbocycles. The molecule has 0 unspecified atom stereocenters. The molecule has 0 bridgehead atoms. The first kappa shape index (κ1) is 9.83. The zero-order valence-corrected chi connectivity index (χ0v) is 8.68. The van der Waals surface area contributed by atoms with Gasteiger partial charge < -0.3 is 0 Å². The van der Waals surface area contributed by atoms with Crippen LogP contribution >= 0.6 is 0 Å². The van der Waals surface area contributed by atoms with Crippen molar-refractivity contribution in [3.63, 3.8) is 0 Å². The van der Waals surface area contributed by atoms with Crippen LogP contribution in [0.1, 0.15) is 25.5 Å². The van der Waals surface area contributed by atoms with Crippen molar-refractivity contribution in [3.05, 3.63) is 42.1 Å². The first-order valence-electron chi connectivity index (χ1n) is 4.85. The first-order valence-corrected chi connectivity index (χ1v) is 4.85. The fourth-order valence-corrected chi connectivity index (χ4v) is 1.30. The van der Waals surface area contributed by atoms with Gasteiger partial charge in [-0.15, -0.1) is 0 Å². The molecule has 4 heteroatoms. The molecule has 0 atom stereocenters. The van der Waals surface area contributed by atoms with Crippen molar-refractivity contribution < 1.29 is 4.39 Å². The molecule has 0 aliphatic rings. The predicted molar refractivity (Wildman–Crippen MR) is 55.4 cm³/mol. The third kappa shape index (κ3) is 2.03. The lowest BCUT2D eigenvalue weighted by Gasteiger charge is -2.00. The van der Waals surface area contributed by atoms with Gasteiger partial charge in [0.25, 0.3) is 0 Å². The zero-order valence-electron chi connectivity index (χ0n) is 8.68. The van der Waals surface area contributed by atoms with Crippen LogP contribution in [-0.2, 0) is 0 Å². The fraction of sp³-hybridized carbons (Fsp3) is 0.273. The van der Waals surface area contributed by atoms with Gasteiger partial charge in [-0.3, -0.25) is 0 Å². The van der Waals surface area contributed by atoms with E-state index in [0.29, 0.717) is 11.7 Å². The van der Waals surface area contributed by atoms with Gasteiger partial charge in [0.15, 0.2) is 5.82 Å². The van der Waals surface area contributed by atoms with Crippen LogP contribution in [0.25, 0.3) is 5.82 Å². The predicted octanol–water partition coefficient (Wildman–Crippen LogP) is 2.53. The van der Waals surface area contributed by atoms with E-state index in [1.165, 1.54) is 6.07 Å². The largest absolute Gasteiger partial charge is 0.222 e. The SMILES string of the molecule is CC(C)c1ccn(-c2cccc(F)n2)n1. The summed E-state index contributed by atoms with van der Waals surface area (Å²) in [5.41, 5.74) is 0.973. The Labute approximate surface area is 87.6 Å². The summed E-state index contributed by atoms with van der Waals surface area (Å²) in [7, 11) is 0. The van der Waals surface area contributed by atoms with Crippen molar-refractivity contribution in [1.82, 2.24) is 14.8 Å². The summed E-state index contributed by atoms with van der Waals surface area (Å²) in [4.78, 5) is 3.75. The van der Waals surface area contributed by atoms with Crippen LogP contribution in [0.3, 0.4) is 0 Å². The molecule has 0 aromatic carbocycles. The summed E-state index contributed by atoms with van der Waals surface area (Å²) >= 11 is 0. The quantitative estimate of drug-likeness (QED) is 0.705. The minimum Gasteiger partial charge on any atom is -0.222 e. The van der Waals surface area contributed by atoms with E-state index in [1.807, 2.05) is 6.07 Å². The molecule has 0 amide bonds. The van der Waals surface area contributed by atoms with Gasteiger partial charge in [0.2, 0.25) is 5.95 Å². The Morgan fingerprint density at radius 1 is 1.27 bits per heavy atom. The molecule has 0 radical (unpaired) electrons. The highest BCUT2D eigenvalue weighted by Gasteiger charge is 2.05. The van der Waals surface area contributed by atoms with Crippen LogP contribution in [0.2, 0.25) is 0 Å². The van der Waals surface area contributed by atoms with Crippen molar-refractivity contribution >= 4 is 0 Å². The van der Waals surface area contributed by atoms with E-state index < -0.39 is 5.95 Å². The van der Waals surface area contributed by atoms with Crippen molar-refractivity contribution in [3.8, 4) is 5.82 Å². The normalized spacial score (nSPS) is 10.9. The maximum atomic E-state index is 12.9. The molecule has 0 fully saturated rings. The topological polar surface area (TPSA) is 30.7 Å². The van der Waals surface area contributed by atoms with E-state index in [0.717, 1.165) is 5.69 Å². The minimum atomic E-state index is -0.492. The van der Waals surface area contributed by atoms with Gasteiger partial charge in [-0.05, 0) is 24.1 Å². The first-order chi connectivity index (χ1) is 7.16. The minimum absolute atomic E-state index is 0.361. The van der Waals surface area contributed by atoms with Gasteiger partial charge >= 0.3 is 0 Å². The second-order valence-electron chi connectivity index (χ2n) is 3.66. The molecule has 2 aromatic rings. The third-order valence-electron chi connectivity index (χ3n) is 2.14. The van der Waals surface area contributed by atoms with E-state index >= 15 is 0 Å². The van der Waals surface area contributed by atoms with Crippen LogP contribution in [0.4, 0.5) is 4.39 Å². The summed E-state index contributed by atoms with van der Waals surface area (Å²) < 4.78 is 14.4. The lowest BCUT2D eigenvalue weighted by Crippen LogP contribution is -2.00. The summed E-state index contributed by atoms with van der Waals surface area (Å²) in [6.45, 7) is 4.12. The number of hydrogen-bond donors (Lipinski definition) is 0. The highest BCUT2D eigenvalue weighted by molar-refractivity contribution is 5.22. The van der Waals surface area contributed by atoms with Gasteiger partial charge in [-0.2, -0.15) is 9.49 Å². The molecule has 0 aliphatic heterocycles. The lowest BCUT2D eigenvalue weighted by molar-refractivity contribution is 0.577. The Kier molecular flexibility index (Phi) is 2.49. The standard InChI is InChI=1S/C11H12FN3/c1-8(2)9-6-7-15(14-9)11-5-3-4-10(12)13-11/h3-8H,1-2H3. The molecule has 0 saturated carbocycles. The molecule has 0 saturated heterocycles. The molecule has 2 aromatic heterocycles. The van der Waals surface area contributed by atoms with E-state index in [9.17, 15) is 4.39 Å². The van der Waals surface area contributed by atoms with Crippen LogP contribution in [0.15, 0.2) is 30.5 Å². The second kappa shape index (κ2) is 3.81. The maximum absolute atomic E-state index is 12.9. The Balaban J connectivity index is 2.37. The molecule has 15 heavy (non-hydrogen) atoms. The molecular weight excluding hydrogens is 193 g/mol. The zero-order chi connectivity index (χ0) is 10.8. The third-order valence-corrected chi connectivity index (χ3v) is 2.14. The Hall–Kier alpha value is -1.71. The van der Waals surface area contributed by atoms with Crippen molar-refractivity contribution in [2.45, 2.75) is 19.8 Å². The fourth-order valence-electron chi connectivity index (χ4n) is 1.30. The molecular formula is C11H12FN3. The smallest absolute Gasteiger partial charge is 0.214 e. The van der Waals surface area contributed by atoms with Gasteiger partial charge in [-0.1, -0.05) is 19.9 Å². The Morgan fingerprint density at radius 3 is 2.67 bits per heavy atom. The maximum Gasteiger partial charge on any atom is 0.214 e. The van der Waals surface area contributed by atoms with Crippen molar-refractivity contribution in [2.24, 2.45) is 0 Å². The number of halogens is 1.